The van der Waals surface area contributed by atoms with Gasteiger partial charge in [0.05, 0.1) is 19.3 Å². The molecule has 0 unspecified atom stereocenters. The van der Waals surface area contributed by atoms with E-state index in [0.29, 0.717) is 11.2 Å². The Morgan fingerprint density at radius 1 is 0.967 bits per heavy atom. The lowest BCUT2D eigenvalue weighted by Crippen LogP contribution is -2.48. The first-order valence-corrected chi connectivity index (χ1v) is 12.6. The van der Waals surface area contributed by atoms with Crippen LogP contribution in [0, 0.1) is 6.92 Å². The van der Waals surface area contributed by atoms with Crippen molar-refractivity contribution in [3.63, 3.8) is 0 Å². The Bertz CT molecular complexity index is 956. The van der Waals surface area contributed by atoms with Gasteiger partial charge >= 0.3 is 0 Å². The second-order valence-corrected chi connectivity index (χ2v) is 11.2. The van der Waals surface area contributed by atoms with E-state index in [1.165, 1.54) is 34.5 Å². The molecule has 7 heteroatoms. The second-order valence-electron chi connectivity index (χ2n) is 9.09. The lowest BCUT2D eigenvalue weighted by molar-refractivity contribution is 0.112. The summed E-state index contributed by atoms with van der Waals surface area (Å²) >= 11 is 0. The normalized spacial score (nSPS) is 20.0. The van der Waals surface area contributed by atoms with Crippen molar-refractivity contribution < 1.29 is 12.8 Å². The van der Waals surface area contributed by atoms with E-state index in [0.717, 1.165) is 45.0 Å². The Balaban J connectivity index is 1.26. The Labute approximate surface area is 180 Å². The highest BCUT2D eigenvalue weighted by Gasteiger charge is 2.45. The molecule has 2 fully saturated rings. The molecular formula is C23H33N3O3S. The molecule has 1 saturated heterocycles. The monoisotopic (exact) mass is 431 g/mol. The molecular weight excluding hydrogens is 398 g/mol. The van der Waals surface area contributed by atoms with Crippen molar-refractivity contribution >= 4 is 10.0 Å². The molecule has 164 valence electrons. The minimum Gasteiger partial charge on any atom is -0.463 e. The van der Waals surface area contributed by atoms with Crippen LogP contribution in [-0.4, -0.2) is 68.6 Å². The van der Waals surface area contributed by atoms with Crippen molar-refractivity contribution in [1.29, 1.82) is 0 Å². The molecule has 0 atom stereocenters. The predicted octanol–water partition coefficient (Wildman–Crippen LogP) is 2.83. The van der Waals surface area contributed by atoms with Gasteiger partial charge in [0.2, 0.25) is 10.0 Å². The van der Waals surface area contributed by atoms with Crippen LogP contribution in [0.3, 0.4) is 0 Å². The Morgan fingerprint density at radius 2 is 1.57 bits per heavy atom. The van der Waals surface area contributed by atoms with Crippen molar-refractivity contribution in [2.45, 2.75) is 38.3 Å². The molecule has 2 aliphatic rings. The topological polar surface area (TPSA) is 57.0 Å². The highest BCUT2D eigenvalue weighted by Crippen LogP contribution is 2.48. The molecule has 2 heterocycles. The van der Waals surface area contributed by atoms with Crippen LogP contribution >= 0.6 is 0 Å². The number of aryl methyl sites for hydroxylation is 1. The Morgan fingerprint density at radius 3 is 2.17 bits per heavy atom. The number of rotatable bonds is 8. The highest BCUT2D eigenvalue weighted by molar-refractivity contribution is 7.88. The van der Waals surface area contributed by atoms with E-state index in [1.807, 2.05) is 12.1 Å². The SMILES string of the molecule is Cc1ccc(C2(CN3CCN(Cc4ccc(CN(C)S(C)(=O)=O)o4)CC3)CC2)cc1. The second kappa shape index (κ2) is 8.46. The standard InChI is InChI=1S/C23H33N3O3S/c1-19-4-6-20(7-5-19)23(10-11-23)18-26-14-12-25(13-15-26)17-22-9-8-21(29-22)16-24(2)30(3,27)28/h4-9H,10-18H2,1-3H3. The molecule has 4 rings (SSSR count). The van der Waals surface area contributed by atoms with Gasteiger partial charge in [0, 0.05) is 45.2 Å². The third-order valence-corrected chi connectivity index (χ3v) is 7.81. The Kier molecular flexibility index (Phi) is 6.08. The molecule has 1 aromatic heterocycles. The largest absolute Gasteiger partial charge is 0.463 e. The summed E-state index contributed by atoms with van der Waals surface area (Å²) < 4.78 is 30.3. The fourth-order valence-corrected chi connectivity index (χ4v) is 4.64. The van der Waals surface area contributed by atoms with Gasteiger partial charge in [-0.3, -0.25) is 9.80 Å². The third kappa shape index (κ3) is 5.14. The minimum absolute atomic E-state index is 0.272. The average molecular weight is 432 g/mol. The predicted molar refractivity (Wildman–Crippen MR) is 119 cm³/mol. The molecule has 0 N–H and O–H groups in total. The van der Waals surface area contributed by atoms with Gasteiger partial charge in [-0.25, -0.2) is 8.42 Å². The van der Waals surface area contributed by atoms with Crippen molar-refractivity contribution in [2.24, 2.45) is 0 Å². The molecule has 0 bridgehead atoms. The molecule has 1 aromatic carbocycles. The van der Waals surface area contributed by atoms with E-state index in [2.05, 4.69) is 41.0 Å². The van der Waals surface area contributed by atoms with Crippen LogP contribution in [0.1, 0.15) is 35.5 Å². The summed E-state index contributed by atoms with van der Waals surface area (Å²) in [6.45, 7) is 8.58. The van der Waals surface area contributed by atoms with Crippen molar-refractivity contribution in [3.05, 3.63) is 59.0 Å². The van der Waals surface area contributed by atoms with Gasteiger partial charge in [0.15, 0.2) is 0 Å². The maximum Gasteiger partial charge on any atom is 0.211 e. The van der Waals surface area contributed by atoms with E-state index in [1.54, 1.807) is 7.05 Å². The number of sulfonamides is 1. The summed E-state index contributed by atoms with van der Waals surface area (Å²) in [6, 6.07) is 12.9. The van der Waals surface area contributed by atoms with E-state index < -0.39 is 10.0 Å². The maximum atomic E-state index is 11.6. The van der Waals surface area contributed by atoms with Gasteiger partial charge in [0.25, 0.3) is 0 Å². The number of furan rings is 1. The van der Waals surface area contributed by atoms with Gasteiger partial charge in [-0.05, 0) is 37.5 Å². The fraction of sp³-hybridized carbons (Fsp3) is 0.565. The first-order valence-electron chi connectivity index (χ1n) is 10.7. The number of piperazine rings is 1. The first kappa shape index (κ1) is 21.6. The van der Waals surface area contributed by atoms with Crippen LogP contribution in [0.2, 0.25) is 0 Å². The fourth-order valence-electron chi connectivity index (χ4n) is 4.28. The molecule has 0 spiro atoms. The molecule has 1 aliphatic heterocycles. The van der Waals surface area contributed by atoms with Gasteiger partial charge in [-0.15, -0.1) is 0 Å². The quantitative estimate of drug-likeness (QED) is 0.643. The smallest absolute Gasteiger partial charge is 0.211 e. The van der Waals surface area contributed by atoms with Gasteiger partial charge < -0.3 is 4.42 Å². The van der Waals surface area contributed by atoms with Crippen molar-refractivity contribution in [3.8, 4) is 0 Å². The van der Waals surface area contributed by atoms with Crippen molar-refractivity contribution in [1.82, 2.24) is 14.1 Å². The summed E-state index contributed by atoms with van der Waals surface area (Å²) in [5.74, 6) is 1.59. The van der Waals surface area contributed by atoms with Crippen LogP contribution in [0.15, 0.2) is 40.8 Å². The molecule has 0 amide bonds. The zero-order valence-corrected chi connectivity index (χ0v) is 19.1. The Hall–Kier alpha value is -1.67. The van der Waals surface area contributed by atoms with E-state index in [4.69, 9.17) is 4.42 Å². The van der Waals surface area contributed by atoms with Gasteiger partial charge in [-0.1, -0.05) is 29.8 Å². The number of hydrogen-bond acceptors (Lipinski definition) is 5. The molecule has 0 radical (unpaired) electrons. The molecule has 30 heavy (non-hydrogen) atoms. The van der Waals surface area contributed by atoms with E-state index in [-0.39, 0.29) is 6.54 Å². The number of benzene rings is 1. The van der Waals surface area contributed by atoms with Crippen LogP contribution in [0.25, 0.3) is 0 Å². The molecule has 1 aliphatic carbocycles. The first-order chi connectivity index (χ1) is 14.2. The van der Waals surface area contributed by atoms with Crippen LogP contribution in [0.5, 0.6) is 0 Å². The maximum absolute atomic E-state index is 11.6. The lowest BCUT2D eigenvalue weighted by atomic mass is 9.94. The van der Waals surface area contributed by atoms with Crippen LogP contribution in [0.4, 0.5) is 0 Å². The zero-order chi connectivity index (χ0) is 21.4. The van der Waals surface area contributed by atoms with Crippen LogP contribution in [-0.2, 0) is 28.5 Å². The van der Waals surface area contributed by atoms with Crippen molar-refractivity contribution in [2.75, 3.05) is 46.0 Å². The van der Waals surface area contributed by atoms with Crippen LogP contribution < -0.4 is 0 Å². The summed E-state index contributed by atoms with van der Waals surface area (Å²) in [5.41, 5.74) is 3.20. The minimum atomic E-state index is -3.20. The summed E-state index contributed by atoms with van der Waals surface area (Å²) in [5, 5.41) is 0. The number of nitrogens with zero attached hydrogens (tertiary/aromatic N) is 3. The van der Waals surface area contributed by atoms with E-state index >= 15 is 0 Å². The third-order valence-electron chi connectivity index (χ3n) is 6.55. The highest BCUT2D eigenvalue weighted by atomic mass is 32.2. The summed E-state index contributed by atoms with van der Waals surface area (Å²) in [7, 11) is -1.63. The van der Waals surface area contributed by atoms with Gasteiger partial charge in [-0.2, -0.15) is 4.31 Å². The van der Waals surface area contributed by atoms with E-state index in [9.17, 15) is 8.42 Å². The molecule has 6 nitrogen and oxygen atoms in total. The zero-order valence-electron chi connectivity index (χ0n) is 18.3. The van der Waals surface area contributed by atoms with Gasteiger partial charge in [0.1, 0.15) is 11.5 Å². The lowest BCUT2D eigenvalue weighted by Gasteiger charge is -2.36. The average Bonchev–Trinajstić information content (AvgIpc) is 3.35. The number of hydrogen-bond donors (Lipinski definition) is 0. The molecule has 2 aromatic rings. The summed E-state index contributed by atoms with van der Waals surface area (Å²) in [6.07, 6.45) is 3.81. The summed E-state index contributed by atoms with van der Waals surface area (Å²) in [4.78, 5) is 5.03. The molecule has 1 saturated carbocycles.